The van der Waals surface area contributed by atoms with Crippen molar-refractivity contribution < 1.29 is 18.7 Å². The van der Waals surface area contributed by atoms with Crippen molar-refractivity contribution in [1.29, 1.82) is 0 Å². The minimum atomic E-state index is -0.794. The molecule has 0 radical (unpaired) electrons. The molecule has 1 rings (SSSR count). The highest BCUT2D eigenvalue weighted by molar-refractivity contribution is 5.97. The molecule has 0 bridgehead atoms. The van der Waals surface area contributed by atoms with Crippen LogP contribution >= 0.6 is 0 Å². The van der Waals surface area contributed by atoms with Crippen molar-refractivity contribution in [2.45, 2.75) is 40.2 Å². The quantitative estimate of drug-likeness (QED) is 0.787. The zero-order valence-corrected chi connectivity index (χ0v) is 12.9. The Morgan fingerprint density at radius 3 is 2.52 bits per heavy atom. The van der Waals surface area contributed by atoms with Crippen molar-refractivity contribution in [2.24, 2.45) is 5.92 Å². The summed E-state index contributed by atoms with van der Waals surface area (Å²) in [6.45, 7) is 7.63. The van der Waals surface area contributed by atoms with Crippen LogP contribution in [0.15, 0.2) is 18.2 Å². The summed E-state index contributed by atoms with van der Waals surface area (Å²) in [7, 11) is 0. The summed E-state index contributed by atoms with van der Waals surface area (Å²) in [5.74, 6) is -0.447. The van der Waals surface area contributed by atoms with Crippen molar-refractivity contribution in [3.63, 3.8) is 0 Å². The molecule has 5 heteroatoms. The van der Waals surface area contributed by atoms with Crippen LogP contribution in [-0.4, -0.2) is 24.3 Å². The fraction of sp³-hybridized carbons (Fsp3) is 0.500. The van der Waals surface area contributed by atoms with Crippen LogP contribution in [0, 0.1) is 11.7 Å². The van der Waals surface area contributed by atoms with Gasteiger partial charge in [0.25, 0.3) is 5.91 Å². The van der Waals surface area contributed by atoms with E-state index in [4.69, 9.17) is 4.74 Å². The first-order chi connectivity index (χ1) is 9.81. The molecule has 1 amide bonds. The van der Waals surface area contributed by atoms with Crippen molar-refractivity contribution >= 4 is 11.7 Å². The smallest absolute Gasteiger partial charge is 0.260 e. The molecule has 0 heterocycles. The van der Waals surface area contributed by atoms with E-state index in [0.717, 1.165) is 12.5 Å². The molecular formula is C16H22FNO3. The molecule has 1 N–H and O–H groups in total. The van der Waals surface area contributed by atoms with Gasteiger partial charge in [-0.05, 0) is 38.3 Å². The number of hydrogen-bond acceptors (Lipinski definition) is 3. The van der Waals surface area contributed by atoms with Crippen LogP contribution in [0.5, 0.6) is 5.75 Å². The zero-order valence-electron chi connectivity index (χ0n) is 12.9. The van der Waals surface area contributed by atoms with Gasteiger partial charge in [0.1, 0.15) is 11.6 Å². The lowest BCUT2D eigenvalue weighted by Crippen LogP contribution is -2.37. The number of carbonyl (C=O) groups is 2. The molecule has 0 fully saturated rings. The topological polar surface area (TPSA) is 55.4 Å². The molecular weight excluding hydrogens is 273 g/mol. The first kappa shape index (κ1) is 17.1. The van der Waals surface area contributed by atoms with Gasteiger partial charge >= 0.3 is 0 Å². The number of halogens is 1. The second-order valence-electron chi connectivity index (χ2n) is 5.43. The number of ketones is 1. The third-order valence-corrected chi connectivity index (χ3v) is 3.02. The number of ether oxygens (including phenoxy) is 1. The molecule has 0 saturated carbocycles. The first-order valence-electron chi connectivity index (χ1n) is 7.06. The Morgan fingerprint density at radius 1 is 1.29 bits per heavy atom. The van der Waals surface area contributed by atoms with E-state index in [0.29, 0.717) is 12.5 Å². The van der Waals surface area contributed by atoms with Gasteiger partial charge in [-0.1, -0.05) is 13.8 Å². The summed E-state index contributed by atoms with van der Waals surface area (Å²) in [5.41, 5.74) is 0.262. The molecule has 0 aliphatic heterocycles. The lowest BCUT2D eigenvalue weighted by molar-refractivity contribution is -0.127. The van der Waals surface area contributed by atoms with E-state index in [2.05, 4.69) is 19.2 Å². The maximum absolute atomic E-state index is 13.3. The Hall–Kier alpha value is -1.91. The van der Waals surface area contributed by atoms with Crippen LogP contribution in [0.25, 0.3) is 0 Å². The molecule has 116 valence electrons. The average Bonchev–Trinajstić information content (AvgIpc) is 2.37. The molecule has 0 aliphatic rings. The second-order valence-corrected chi connectivity index (χ2v) is 5.43. The third kappa shape index (κ3) is 5.53. The molecule has 4 nitrogen and oxygen atoms in total. The zero-order chi connectivity index (χ0) is 16.0. The van der Waals surface area contributed by atoms with Crippen LogP contribution in [0.1, 0.15) is 44.5 Å². The number of carbonyl (C=O) groups excluding carboxylic acids is 2. The summed E-state index contributed by atoms with van der Waals surface area (Å²) in [5, 5.41) is 2.75. The molecule has 1 aromatic carbocycles. The summed E-state index contributed by atoms with van der Waals surface area (Å²) >= 11 is 0. The molecule has 1 atom stereocenters. The van der Waals surface area contributed by atoms with Gasteiger partial charge in [-0.25, -0.2) is 4.39 Å². The van der Waals surface area contributed by atoms with E-state index in [1.807, 2.05) is 0 Å². The summed E-state index contributed by atoms with van der Waals surface area (Å²) in [6.07, 6.45) is 0.0778. The summed E-state index contributed by atoms with van der Waals surface area (Å²) < 4.78 is 18.7. The van der Waals surface area contributed by atoms with E-state index >= 15 is 0 Å². The molecule has 21 heavy (non-hydrogen) atoms. The van der Waals surface area contributed by atoms with Crippen LogP contribution < -0.4 is 10.1 Å². The van der Waals surface area contributed by atoms with Crippen molar-refractivity contribution in [2.75, 3.05) is 6.54 Å². The Bertz CT molecular complexity index is 514. The standard InChI is InChI=1S/C16H22FNO3/c1-10(2)7-8-18-16(20)12(4)21-15-9-13(17)5-6-14(15)11(3)19/h5-6,9-10,12H,7-8H2,1-4H3,(H,18,20). The van der Waals surface area contributed by atoms with E-state index in [1.165, 1.54) is 19.1 Å². The molecule has 0 aliphatic carbocycles. The Morgan fingerprint density at radius 2 is 1.95 bits per heavy atom. The van der Waals surface area contributed by atoms with Gasteiger partial charge in [0, 0.05) is 12.6 Å². The number of amides is 1. The number of Topliss-reactive ketones (excluding diaryl/α,β-unsaturated/α-hetero) is 1. The largest absolute Gasteiger partial charge is 0.480 e. The van der Waals surface area contributed by atoms with E-state index < -0.39 is 11.9 Å². The summed E-state index contributed by atoms with van der Waals surface area (Å²) in [4.78, 5) is 23.4. The maximum Gasteiger partial charge on any atom is 0.260 e. The maximum atomic E-state index is 13.3. The van der Waals surface area contributed by atoms with Gasteiger partial charge in [-0.2, -0.15) is 0 Å². The minimum absolute atomic E-state index is 0.0917. The predicted octanol–water partition coefficient (Wildman–Crippen LogP) is 2.96. The van der Waals surface area contributed by atoms with Crippen LogP contribution in [0.3, 0.4) is 0 Å². The van der Waals surface area contributed by atoms with Gasteiger partial charge in [0.2, 0.25) is 0 Å². The number of nitrogens with one attached hydrogen (secondary N) is 1. The highest BCUT2D eigenvalue weighted by Crippen LogP contribution is 2.21. The van der Waals surface area contributed by atoms with Crippen LogP contribution in [-0.2, 0) is 4.79 Å². The predicted molar refractivity (Wildman–Crippen MR) is 79.0 cm³/mol. The number of rotatable bonds is 7. The van der Waals surface area contributed by atoms with Crippen LogP contribution in [0.2, 0.25) is 0 Å². The SMILES string of the molecule is CC(=O)c1ccc(F)cc1OC(C)C(=O)NCCC(C)C. The molecule has 0 aromatic heterocycles. The van der Waals surface area contributed by atoms with E-state index in [-0.39, 0.29) is 23.0 Å². The van der Waals surface area contributed by atoms with Gasteiger partial charge in [-0.15, -0.1) is 0 Å². The highest BCUT2D eigenvalue weighted by Gasteiger charge is 2.18. The number of hydrogen-bond donors (Lipinski definition) is 1. The lowest BCUT2D eigenvalue weighted by atomic mass is 10.1. The van der Waals surface area contributed by atoms with Gasteiger partial charge in [0.15, 0.2) is 11.9 Å². The fourth-order valence-corrected chi connectivity index (χ4v) is 1.76. The molecule has 0 saturated heterocycles. The normalized spacial score (nSPS) is 12.1. The fourth-order valence-electron chi connectivity index (χ4n) is 1.76. The van der Waals surface area contributed by atoms with Crippen molar-refractivity contribution in [3.8, 4) is 5.75 Å². The Kier molecular flexibility index (Phi) is 6.34. The summed E-state index contributed by atoms with van der Waals surface area (Å²) in [6, 6.07) is 3.67. The van der Waals surface area contributed by atoms with Gasteiger partial charge < -0.3 is 10.1 Å². The second kappa shape index (κ2) is 7.76. The van der Waals surface area contributed by atoms with Crippen molar-refractivity contribution in [1.82, 2.24) is 5.32 Å². The minimum Gasteiger partial charge on any atom is -0.480 e. The van der Waals surface area contributed by atoms with Crippen molar-refractivity contribution in [3.05, 3.63) is 29.6 Å². The monoisotopic (exact) mass is 295 g/mol. The average molecular weight is 295 g/mol. The lowest BCUT2D eigenvalue weighted by Gasteiger charge is -2.17. The highest BCUT2D eigenvalue weighted by atomic mass is 19.1. The van der Waals surface area contributed by atoms with Gasteiger partial charge in [-0.3, -0.25) is 9.59 Å². The molecule has 1 aromatic rings. The van der Waals surface area contributed by atoms with E-state index in [1.54, 1.807) is 6.92 Å². The Balaban J connectivity index is 2.69. The first-order valence-corrected chi connectivity index (χ1v) is 7.06. The van der Waals surface area contributed by atoms with E-state index in [9.17, 15) is 14.0 Å². The molecule has 1 unspecified atom stereocenters. The number of benzene rings is 1. The molecule has 0 spiro atoms. The third-order valence-electron chi connectivity index (χ3n) is 3.02. The Labute approximate surface area is 124 Å². The van der Waals surface area contributed by atoms with Crippen LogP contribution in [0.4, 0.5) is 4.39 Å². The van der Waals surface area contributed by atoms with Gasteiger partial charge in [0.05, 0.1) is 5.56 Å².